The molecule has 1 saturated carbocycles. The number of carbonyl (C=O) groups is 2. The lowest BCUT2D eigenvalue weighted by molar-refractivity contribution is -0.137. The summed E-state index contributed by atoms with van der Waals surface area (Å²) < 4.78 is 11.1. The Bertz CT molecular complexity index is 1400. The zero-order chi connectivity index (χ0) is 26.0. The van der Waals surface area contributed by atoms with Gasteiger partial charge < -0.3 is 19.9 Å². The number of nitriles is 1. The lowest BCUT2D eigenvalue weighted by Crippen LogP contribution is -2.27. The minimum absolute atomic E-state index is 0.0430. The SMILES string of the molecule is COc1ccc(-c2ccc3c(c2)[C@]2(CCO3)C[C@H]2C(=O)Nc2cc(C#N)ccc2CCCC(=O)O)nc1. The molecule has 5 rings (SSSR count). The van der Waals surface area contributed by atoms with Crippen LogP contribution in [0.25, 0.3) is 11.3 Å². The van der Waals surface area contributed by atoms with Gasteiger partial charge in [-0.3, -0.25) is 14.6 Å². The highest BCUT2D eigenvalue weighted by molar-refractivity contribution is 5.97. The molecule has 0 unspecified atom stereocenters. The number of aromatic nitrogens is 1. The predicted molar refractivity (Wildman–Crippen MR) is 136 cm³/mol. The van der Waals surface area contributed by atoms with Gasteiger partial charge in [-0.05, 0) is 73.7 Å². The number of methoxy groups -OCH3 is 1. The fraction of sp³-hybridized carbons (Fsp3) is 0.310. The van der Waals surface area contributed by atoms with Crippen LogP contribution in [0.2, 0.25) is 0 Å². The minimum Gasteiger partial charge on any atom is -0.495 e. The maximum atomic E-state index is 13.5. The van der Waals surface area contributed by atoms with E-state index in [0.717, 1.165) is 34.6 Å². The molecule has 1 aliphatic carbocycles. The summed E-state index contributed by atoms with van der Waals surface area (Å²) >= 11 is 0. The van der Waals surface area contributed by atoms with Crippen LogP contribution in [0.1, 0.15) is 42.4 Å². The molecule has 0 radical (unpaired) electrons. The molecule has 0 bridgehead atoms. The number of aryl methyl sites for hydroxylation is 1. The standard InChI is InChI=1S/C29H27N3O5/c1-36-21-8-9-24(31-17-21)20-7-10-26-22(14-20)29(11-12-37-26)15-23(29)28(35)32-25-13-18(16-30)5-6-19(25)3-2-4-27(33)34/h5-10,13-14,17,23H,2-4,11-12,15H2,1H3,(H,32,35)(H,33,34)/t23-,29-/m0/s1. The second kappa shape index (κ2) is 9.94. The second-order valence-electron chi connectivity index (χ2n) is 9.53. The molecule has 188 valence electrons. The largest absolute Gasteiger partial charge is 0.495 e. The summed E-state index contributed by atoms with van der Waals surface area (Å²) in [6.07, 6.45) is 4.12. The molecule has 1 amide bonds. The van der Waals surface area contributed by atoms with E-state index in [1.807, 2.05) is 24.3 Å². The molecule has 2 aromatic carbocycles. The molecule has 8 heteroatoms. The monoisotopic (exact) mass is 497 g/mol. The van der Waals surface area contributed by atoms with E-state index >= 15 is 0 Å². The molecular formula is C29H27N3O5. The van der Waals surface area contributed by atoms with Crippen LogP contribution in [0.5, 0.6) is 11.5 Å². The first kappa shape index (κ1) is 24.3. The van der Waals surface area contributed by atoms with Crippen molar-refractivity contribution < 1.29 is 24.2 Å². The van der Waals surface area contributed by atoms with Gasteiger partial charge in [0.1, 0.15) is 11.5 Å². The number of nitrogens with one attached hydrogen (secondary N) is 1. The average molecular weight is 498 g/mol. The maximum absolute atomic E-state index is 13.5. The van der Waals surface area contributed by atoms with Crippen LogP contribution < -0.4 is 14.8 Å². The number of aliphatic carboxylic acids is 1. The van der Waals surface area contributed by atoms with Crippen molar-refractivity contribution >= 4 is 17.6 Å². The third-order valence-electron chi connectivity index (χ3n) is 7.31. The Kier molecular flexibility index (Phi) is 6.53. The molecular weight excluding hydrogens is 470 g/mol. The van der Waals surface area contributed by atoms with Crippen LogP contribution in [-0.4, -0.2) is 35.7 Å². The number of hydrogen-bond acceptors (Lipinski definition) is 6. The van der Waals surface area contributed by atoms with Crippen LogP contribution >= 0.6 is 0 Å². The quantitative estimate of drug-likeness (QED) is 0.462. The number of carboxylic acid groups (broad SMARTS) is 1. The molecule has 2 atom stereocenters. The fourth-order valence-corrected chi connectivity index (χ4v) is 5.21. The first-order valence-corrected chi connectivity index (χ1v) is 12.3. The molecule has 0 saturated heterocycles. The molecule has 3 aromatic rings. The van der Waals surface area contributed by atoms with Crippen LogP contribution in [0.15, 0.2) is 54.7 Å². The Morgan fingerprint density at radius 2 is 2.11 bits per heavy atom. The van der Waals surface area contributed by atoms with Crippen molar-refractivity contribution in [2.45, 2.75) is 37.5 Å². The van der Waals surface area contributed by atoms with Crippen molar-refractivity contribution in [3.05, 3.63) is 71.4 Å². The summed E-state index contributed by atoms with van der Waals surface area (Å²) in [5, 5.41) is 21.4. The normalized spacial score (nSPS) is 19.3. The lowest BCUT2D eigenvalue weighted by Gasteiger charge is -2.27. The third kappa shape index (κ3) is 4.85. The first-order valence-electron chi connectivity index (χ1n) is 12.3. The number of hydrogen-bond donors (Lipinski definition) is 2. The summed E-state index contributed by atoms with van der Waals surface area (Å²) in [4.78, 5) is 28.9. The second-order valence-corrected chi connectivity index (χ2v) is 9.53. The predicted octanol–water partition coefficient (Wildman–Crippen LogP) is 4.72. The highest BCUT2D eigenvalue weighted by atomic mass is 16.5. The number of ether oxygens (including phenoxy) is 2. The van der Waals surface area contributed by atoms with Gasteiger partial charge in [0, 0.05) is 34.6 Å². The molecule has 37 heavy (non-hydrogen) atoms. The minimum atomic E-state index is -0.860. The van der Waals surface area contributed by atoms with E-state index in [0.29, 0.717) is 42.9 Å². The van der Waals surface area contributed by atoms with E-state index in [1.54, 1.807) is 31.5 Å². The highest BCUT2D eigenvalue weighted by Crippen LogP contribution is 2.61. The molecule has 1 fully saturated rings. The van der Waals surface area contributed by atoms with E-state index in [2.05, 4.69) is 22.4 Å². The molecule has 2 N–H and O–H groups in total. The Morgan fingerprint density at radius 1 is 1.24 bits per heavy atom. The molecule has 2 heterocycles. The van der Waals surface area contributed by atoms with Crippen LogP contribution in [0.4, 0.5) is 5.69 Å². The molecule has 2 aliphatic rings. The van der Waals surface area contributed by atoms with Gasteiger partial charge in [0.2, 0.25) is 5.91 Å². The fourth-order valence-electron chi connectivity index (χ4n) is 5.21. The van der Waals surface area contributed by atoms with E-state index < -0.39 is 5.97 Å². The van der Waals surface area contributed by atoms with E-state index in [1.165, 1.54) is 0 Å². The van der Waals surface area contributed by atoms with Crippen molar-refractivity contribution in [3.63, 3.8) is 0 Å². The molecule has 1 aliphatic heterocycles. The Labute approximate surface area is 214 Å². The van der Waals surface area contributed by atoms with Crippen molar-refractivity contribution in [2.75, 3.05) is 19.0 Å². The van der Waals surface area contributed by atoms with Crippen molar-refractivity contribution in [2.24, 2.45) is 5.92 Å². The number of rotatable bonds is 8. The molecule has 8 nitrogen and oxygen atoms in total. The van der Waals surface area contributed by atoms with Crippen molar-refractivity contribution in [1.29, 1.82) is 5.26 Å². The van der Waals surface area contributed by atoms with Gasteiger partial charge in [-0.1, -0.05) is 6.07 Å². The summed E-state index contributed by atoms with van der Waals surface area (Å²) in [5.74, 6) is 0.284. The van der Waals surface area contributed by atoms with Gasteiger partial charge >= 0.3 is 5.97 Å². The number of carboxylic acids is 1. The summed E-state index contributed by atoms with van der Waals surface area (Å²) in [7, 11) is 1.60. The molecule has 1 aromatic heterocycles. The van der Waals surface area contributed by atoms with Crippen molar-refractivity contribution in [1.82, 2.24) is 4.98 Å². The van der Waals surface area contributed by atoms with Gasteiger partial charge in [0.15, 0.2) is 0 Å². The lowest BCUT2D eigenvalue weighted by atomic mass is 9.86. The van der Waals surface area contributed by atoms with Gasteiger partial charge in [-0.25, -0.2) is 0 Å². The van der Waals surface area contributed by atoms with Crippen LogP contribution in [-0.2, 0) is 21.4 Å². The van der Waals surface area contributed by atoms with Gasteiger partial charge in [-0.15, -0.1) is 0 Å². The smallest absolute Gasteiger partial charge is 0.303 e. The van der Waals surface area contributed by atoms with Gasteiger partial charge in [-0.2, -0.15) is 5.26 Å². The number of fused-ring (bicyclic) bond motifs is 2. The number of pyridine rings is 1. The van der Waals surface area contributed by atoms with E-state index in [-0.39, 0.29) is 23.7 Å². The number of benzene rings is 2. The average Bonchev–Trinajstić information content (AvgIpc) is 3.64. The number of nitrogens with zero attached hydrogens (tertiary/aromatic N) is 2. The van der Waals surface area contributed by atoms with Crippen LogP contribution in [0, 0.1) is 17.2 Å². The summed E-state index contributed by atoms with van der Waals surface area (Å²) in [6.45, 7) is 0.543. The number of anilines is 1. The third-order valence-corrected chi connectivity index (χ3v) is 7.31. The van der Waals surface area contributed by atoms with Gasteiger partial charge in [0.05, 0.1) is 37.2 Å². The zero-order valence-corrected chi connectivity index (χ0v) is 20.5. The summed E-state index contributed by atoms with van der Waals surface area (Å²) in [6, 6.07) is 17.0. The Balaban J connectivity index is 1.38. The van der Waals surface area contributed by atoms with E-state index in [4.69, 9.17) is 14.6 Å². The van der Waals surface area contributed by atoms with Crippen LogP contribution in [0.3, 0.4) is 0 Å². The number of amides is 1. The Hall–Kier alpha value is -4.38. The summed E-state index contributed by atoms with van der Waals surface area (Å²) in [5.41, 5.74) is 4.29. The maximum Gasteiger partial charge on any atom is 0.303 e. The highest BCUT2D eigenvalue weighted by Gasteiger charge is 2.61. The van der Waals surface area contributed by atoms with Gasteiger partial charge in [0.25, 0.3) is 0 Å². The Morgan fingerprint density at radius 3 is 2.84 bits per heavy atom. The molecule has 1 spiro atoms. The van der Waals surface area contributed by atoms with Crippen molar-refractivity contribution in [3.8, 4) is 28.8 Å². The first-order chi connectivity index (χ1) is 17.9. The van der Waals surface area contributed by atoms with E-state index in [9.17, 15) is 14.9 Å². The number of carbonyl (C=O) groups excluding carboxylic acids is 1. The zero-order valence-electron chi connectivity index (χ0n) is 20.5. The topological polar surface area (TPSA) is 122 Å².